The summed E-state index contributed by atoms with van der Waals surface area (Å²) in [5, 5.41) is 29.3. The maximum Gasteiger partial charge on any atom is 0.395 e. The monoisotopic (exact) mass is 353 g/mol. The fraction of sp³-hybridized carbons (Fsp3) is 0. The SMILES string of the molecule is O=c1[nH]c(/C=C\c2ccc(O)c(Br)c2)nc(O)c1[N+](=O)[O-]. The van der Waals surface area contributed by atoms with Gasteiger partial charge >= 0.3 is 11.2 Å². The molecule has 0 atom stereocenters. The van der Waals surface area contributed by atoms with Gasteiger partial charge in [-0.1, -0.05) is 12.1 Å². The lowest BCUT2D eigenvalue weighted by Crippen LogP contribution is -2.14. The molecule has 0 radical (unpaired) electrons. The third-order valence-corrected chi connectivity index (χ3v) is 3.12. The first-order valence-corrected chi connectivity index (χ1v) is 6.32. The van der Waals surface area contributed by atoms with Gasteiger partial charge in [-0.2, -0.15) is 4.98 Å². The Morgan fingerprint density at radius 3 is 2.62 bits per heavy atom. The van der Waals surface area contributed by atoms with Crippen molar-refractivity contribution in [3.05, 3.63) is 54.5 Å². The fourth-order valence-electron chi connectivity index (χ4n) is 1.52. The molecule has 2 aromatic rings. The summed E-state index contributed by atoms with van der Waals surface area (Å²) >= 11 is 3.15. The van der Waals surface area contributed by atoms with Crippen LogP contribution in [0, 0.1) is 10.1 Å². The van der Waals surface area contributed by atoms with Crippen molar-refractivity contribution >= 4 is 33.8 Å². The van der Waals surface area contributed by atoms with Crippen LogP contribution in [0.3, 0.4) is 0 Å². The molecular formula is C12H8BrN3O5. The smallest absolute Gasteiger partial charge is 0.395 e. The number of aromatic amines is 1. The van der Waals surface area contributed by atoms with E-state index >= 15 is 0 Å². The molecule has 0 saturated carbocycles. The van der Waals surface area contributed by atoms with Gasteiger partial charge in [-0.25, -0.2) is 0 Å². The first kappa shape index (κ1) is 14.7. The average molecular weight is 354 g/mol. The van der Waals surface area contributed by atoms with E-state index in [9.17, 15) is 25.1 Å². The number of benzene rings is 1. The summed E-state index contributed by atoms with van der Waals surface area (Å²) in [6.45, 7) is 0. The molecule has 0 aliphatic rings. The first-order chi connectivity index (χ1) is 9.88. The Balaban J connectivity index is 2.35. The van der Waals surface area contributed by atoms with Crippen LogP contribution >= 0.6 is 15.9 Å². The number of aromatic nitrogens is 2. The van der Waals surface area contributed by atoms with Crippen LogP contribution in [0.5, 0.6) is 11.6 Å². The van der Waals surface area contributed by atoms with Gasteiger partial charge in [-0.3, -0.25) is 14.9 Å². The molecule has 1 aromatic heterocycles. The molecule has 21 heavy (non-hydrogen) atoms. The van der Waals surface area contributed by atoms with Gasteiger partial charge < -0.3 is 15.2 Å². The van der Waals surface area contributed by atoms with E-state index in [0.717, 1.165) is 0 Å². The zero-order valence-corrected chi connectivity index (χ0v) is 11.9. The van der Waals surface area contributed by atoms with Gasteiger partial charge in [0.05, 0.1) is 9.40 Å². The number of phenols is 1. The topological polar surface area (TPSA) is 129 Å². The van der Waals surface area contributed by atoms with E-state index in [2.05, 4.69) is 25.9 Å². The Labute approximate surface area is 125 Å². The van der Waals surface area contributed by atoms with Crippen molar-refractivity contribution in [1.82, 2.24) is 9.97 Å². The van der Waals surface area contributed by atoms with Gasteiger partial charge in [0.15, 0.2) is 0 Å². The molecule has 0 amide bonds. The Hall–Kier alpha value is -2.68. The fourth-order valence-corrected chi connectivity index (χ4v) is 1.91. The largest absolute Gasteiger partial charge is 0.507 e. The van der Waals surface area contributed by atoms with Crippen LogP contribution in [-0.2, 0) is 0 Å². The third-order valence-electron chi connectivity index (χ3n) is 2.48. The molecule has 0 unspecified atom stereocenters. The molecule has 0 bridgehead atoms. The van der Waals surface area contributed by atoms with Crippen molar-refractivity contribution in [1.29, 1.82) is 0 Å². The Bertz CT molecular complexity index is 800. The van der Waals surface area contributed by atoms with Crippen LogP contribution in [0.15, 0.2) is 27.5 Å². The minimum Gasteiger partial charge on any atom is -0.507 e. The van der Waals surface area contributed by atoms with Crippen LogP contribution in [-0.4, -0.2) is 25.1 Å². The molecule has 108 valence electrons. The highest BCUT2D eigenvalue weighted by atomic mass is 79.9. The highest BCUT2D eigenvalue weighted by Crippen LogP contribution is 2.25. The molecule has 8 nitrogen and oxygen atoms in total. The molecule has 0 aliphatic heterocycles. The summed E-state index contributed by atoms with van der Waals surface area (Å²) in [5.74, 6) is -0.908. The van der Waals surface area contributed by atoms with E-state index in [-0.39, 0.29) is 11.6 Å². The van der Waals surface area contributed by atoms with E-state index in [1.165, 1.54) is 12.1 Å². The number of H-pyrrole nitrogens is 1. The summed E-state index contributed by atoms with van der Waals surface area (Å²) in [4.78, 5) is 26.7. The van der Waals surface area contributed by atoms with Crippen molar-refractivity contribution in [3.8, 4) is 11.6 Å². The van der Waals surface area contributed by atoms with Gasteiger partial charge in [0, 0.05) is 0 Å². The van der Waals surface area contributed by atoms with Crippen molar-refractivity contribution in [3.63, 3.8) is 0 Å². The summed E-state index contributed by atoms with van der Waals surface area (Å²) in [7, 11) is 0. The van der Waals surface area contributed by atoms with Gasteiger partial charge in [-0.05, 0) is 39.7 Å². The number of nitrogens with one attached hydrogen (secondary N) is 1. The lowest BCUT2D eigenvalue weighted by molar-refractivity contribution is -0.387. The Kier molecular flexibility index (Phi) is 4.03. The minimum atomic E-state index is -1.04. The molecular weight excluding hydrogens is 346 g/mol. The molecule has 3 N–H and O–H groups in total. The Morgan fingerprint density at radius 1 is 1.33 bits per heavy atom. The molecule has 0 spiro atoms. The van der Waals surface area contributed by atoms with Crippen LogP contribution in [0.4, 0.5) is 5.69 Å². The first-order valence-electron chi connectivity index (χ1n) is 5.53. The number of rotatable bonds is 3. The zero-order chi connectivity index (χ0) is 15.6. The van der Waals surface area contributed by atoms with E-state index in [1.54, 1.807) is 18.2 Å². The summed E-state index contributed by atoms with van der Waals surface area (Å²) in [5.41, 5.74) is -1.36. The van der Waals surface area contributed by atoms with Gasteiger partial charge in [0.1, 0.15) is 11.6 Å². The number of aromatic hydroxyl groups is 2. The standard InChI is InChI=1S/C12H8BrN3O5/c13-7-5-6(1-3-8(7)17)2-4-9-14-11(18)10(16(20)21)12(19)15-9/h1-5,17H,(H2,14,15,18,19)/b4-2-. The molecule has 0 aliphatic carbocycles. The van der Waals surface area contributed by atoms with Crippen LogP contribution in [0.2, 0.25) is 0 Å². The van der Waals surface area contributed by atoms with Crippen molar-refractivity contribution < 1.29 is 15.1 Å². The molecule has 2 rings (SSSR count). The number of hydrogen-bond acceptors (Lipinski definition) is 6. The minimum absolute atomic E-state index is 0.0349. The summed E-state index contributed by atoms with van der Waals surface area (Å²) < 4.78 is 0.484. The lowest BCUT2D eigenvalue weighted by atomic mass is 10.2. The van der Waals surface area contributed by atoms with Crippen LogP contribution < -0.4 is 5.56 Å². The quantitative estimate of drug-likeness (QED) is 0.571. The normalized spacial score (nSPS) is 10.9. The highest BCUT2D eigenvalue weighted by Gasteiger charge is 2.21. The van der Waals surface area contributed by atoms with Gasteiger partial charge in [0.2, 0.25) is 0 Å². The van der Waals surface area contributed by atoms with E-state index in [4.69, 9.17) is 0 Å². The number of halogens is 1. The zero-order valence-electron chi connectivity index (χ0n) is 10.3. The predicted octanol–water partition coefficient (Wildman–Crippen LogP) is 2.02. The van der Waals surface area contributed by atoms with E-state index in [1.807, 2.05) is 0 Å². The second-order valence-corrected chi connectivity index (χ2v) is 4.78. The number of nitrogens with zero attached hydrogens (tertiary/aromatic N) is 2. The van der Waals surface area contributed by atoms with Crippen LogP contribution in [0.1, 0.15) is 11.4 Å². The average Bonchev–Trinajstić information content (AvgIpc) is 2.39. The lowest BCUT2D eigenvalue weighted by Gasteiger charge is -1.99. The van der Waals surface area contributed by atoms with Crippen molar-refractivity contribution in [2.24, 2.45) is 0 Å². The maximum atomic E-state index is 11.4. The third kappa shape index (κ3) is 3.26. The molecule has 9 heteroatoms. The number of nitro groups is 1. The highest BCUT2D eigenvalue weighted by molar-refractivity contribution is 9.10. The van der Waals surface area contributed by atoms with E-state index < -0.39 is 22.0 Å². The van der Waals surface area contributed by atoms with Crippen molar-refractivity contribution in [2.45, 2.75) is 0 Å². The number of hydrogen-bond donors (Lipinski definition) is 3. The predicted molar refractivity (Wildman–Crippen MR) is 77.9 cm³/mol. The second kappa shape index (κ2) is 5.75. The molecule has 0 fully saturated rings. The second-order valence-electron chi connectivity index (χ2n) is 3.92. The summed E-state index contributed by atoms with van der Waals surface area (Å²) in [6, 6.07) is 4.70. The summed E-state index contributed by atoms with van der Waals surface area (Å²) in [6.07, 6.45) is 2.91. The molecule has 1 aromatic carbocycles. The van der Waals surface area contributed by atoms with Gasteiger partial charge in [-0.15, -0.1) is 0 Å². The van der Waals surface area contributed by atoms with E-state index in [0.29, 0.717) is 10.0 Å². The Morgan fingerprint density at radius 2 is 2.05 bits per heavy atom. The van der Waals surface area contributed by atoms with Crippen LogP contribution in [0.25, 0.3) is 12.2 Å². The molecule has 1 heterocycles. The molecule has 0 saturated heterocycles. The number of phenolic OH excluding ortho intramolecular Hbond substituents is 1. The van der Waals surface area contributed by atoms with Gasteiger partial charge in [0.25, 0.3) is 5.88 Å². The van der Waals surface area contributed by atoms with Crippen molar-refractivity contribution in [2.75, 3.05) is 0 Å². The maximum absolute atomic E-state index is 11.4.